The molecule has 1 N–H and O–H groups in total. The number of hydrogen-bond acceptors (Lipinski definition) is 3. The lowest BCUT2D eigenvalue weighted by Gasteiger charge is -2.16. The predicted octanol–water partition coefficient (Wildman–Crippen LogP) is 4.71. The van der Waals surface area contributed by atoms with Crippen LogP contribution in [-0.4, -0.2) is 18.5 Å². The van der Waals surface area contributed by atoms with E-state index in [1.807, 2.05) is 39.0 Å². The molecule has 0 saturated carbocycles. The van der Waals surface area contributed by atoms with Crippen molar-refractivity contribution >= 4 is 29.2 Å². The molecule has 1 amide bonds. The van der Waals surface area contributed by atoms with Gasteiger partial charge in [-0.1, -0.05) is 43.6 Å². The minimum Gasteiger partial charge on any atom is -0.452 e. The van der Waals surface area contributed by atoms with Crippen molar-refractivity contribution < 1.29 is 18.7 Å². The predicted molar refractivity (Wildman–Crippen MR) is 95.6 cm³/mol. The summed E-state index contributed by atoms with van der Waals surface area (Å²) in [4.78, 5) is 24.1. The van der Waals surface area contributed by atoms with E-state index in [4.69, 9.17) is 16.3 Å². The van der Waals surface area contributed by atoms with Crippen molar-refractivity contribution in [3.8, 4) is 0 Å². The van der Waals surface area contributed by atoms with E-state index < -0.39 is 24.3 Å². The van der Waals surface area contributed by atoms with E-state index in [2.05, 4.69) is 5.32 Å². The summed E-state index contributed by atoms with van der Waals surface area (Å²) in [5.74, 6) is -1.56. The van der Waals surface area contributed by atoms with Gasteiger partial charge in [-0.05, 0) is 42.2 Å². The third-order valence-corrected chi connectivity index (χ3v) is 3.99. The number of amides is 1. The fourth-order valence-electron chi connectivity index (χ4n) is 2.38. The fourth-order valence-corrected chi connectivity index (χ4v) is 2.63. The van der Waals surface area contributed by atoms with Gasteiger partial charge in [0.2, 0.25) is 0 Å². The van der Waals surface area contributed by atoms with Gasteiger partial charge in [0.15, 0.2) is 6.61 Å². The smallest absolute Gasteiger partial charge is 0.340 e. The van der Waals surface area contributed by atoms with Gasteiger partial charge >= 0.3 is 5.97 Å². The van der Waals surface area contributed by atoms with E-state index in [9.17, 15) is 14.0 Å². The van der Waals surface area contributed by atoms with Gasteiger partial charge in [-0.2, -0.15) is 0 Å². The van der Waals surface area contributed by atoms with Gasteiger partial charge in [0, 0.05) is 5.69 Å². The zero-order valence-corrected chi connectivity index (χ0v) is 15.0. The Kier molecular flexibility index (Phi) is 6.15. The summed E-state index contributed by atoms with van der Waals surface area (Å²) in [7, 11) is 0. The Balaban J connectivity index is 2.03. The van der Waals surface area contributed by atoms with Crippen molar-refractivity contribution in [3.05, 3.63) is 63.9 Å². The highest BCUT2D eigenvalue weighted by Gasteiger charge is 2.16. The maximum Gasteiger partial charge on any atom is 0.340 e. The highest BCUT2D eigenvalue weighted by Crippen LogP contribution is 2.27. The number of esters is 1. The minimum atomic E-state index is -0.783. The van der Waals surface area contributed by atoms with Gasteiger partial charge in [-0.25, -0.2) is 9.18 Å². The quantitative estimate of drug-likeness (QED) is 0.783. The Labute approximate surface area is 150 Å². The Morgan fingerprint density at radius 2 is 1.96 bits per heavy atom. The van der Waals surface area contributed by atoms with Crippen LogP contribution in [0.1, 0.15) is 41.3 Å². The van der Waals surface area contributed by atoms with Crippen LogP contribution in [0.25, 0.3) is 0 Å². The average Bonchev–Trinajstić information content (AvgIpc) is 2.54. The standard InChI is InChI=1S/C19H19ClFNO3/c1-11(2)14-6-4-5-12(3)18(14)22-17(23)10-25-19(24)15-8-7-13(21)9-16(15)20/h4-9,11H,10H2,1-3H3,(H,22,23). The van der Waals surface area contributed by atoms with E-state index in [0.717, 1.165) is 28.9 Å². The van der Waals surface area contributed by atoms with Crippen LogP contribution in [0.5, 0.6) is 0 Å². The normalized spacial score (nSPS) is 10.6. The molecule has 132 valence electrons. The lowest BCUT2D eigenvalue weighted by molar-refractivity contribution is -0.119. The molecule has 0 radical (unpaired) electrons. The van der Waals surface area contributed by atoms with Crippen molar-refractivity contribution in [3.63, 3.8) is 0 Å². The van der Waals surface area contributed by atoms with Crippen LogP contribution in [0, 0.1) is 12.7 Å². The summed E-state index contributed by atoms with van der Waals surface area (Å²) < 4.78 is 18.0. The Morgan fingerprint density at radius 1 is 1.24 bits per heavy atom. The fraction of sp³-hybridized carbons (Fsp3) is 0.263. The second-order valence-electron chi connectivity index (χ2n) is 5.94. The molecule has 4 nitrogen and oxygen atoms in total. The monoisotopic (exact) mass is 363 g/mol. The van der Waals surface area contributed by atoms with Crippen molar-refractivity contribution in [1.82, 2.24) is 0 Å². The van der Waals surface area contributed by atoms with Gasteiger partial charge in [0.1, 0.15) is 5.82 Å². The topological polar surface area (TPSA) is 55.4 Å². The summed E-state index contributed by atoms with van der Waals surface area (Å²) >= 11 is 5.80. The number of anilines is 1. The van der Waals surface area contributed by atoms with Crippen molar-refractivity contribution in [1.29, 1.82) is 0 Å². The molecule has 0 saturated heterocycles. The van der Waals surface area contributed by atoms with Crippen molar-refractivity contribution in [2.75, 3.05) is 11.9 Å². The Bertz CT molecular complexity index is 805. The van der Waals surface area contributed by atoms with Crippen molar-refractivity contribution in [2.24, 2.45) is 0 Å². The molecule has 25 heavy (non-hydrogen) atoms. The highest BCUT2D eigenvalue weighted by atomic mass is 35.5. The first-order chi connectivity index (χ1) is 11.8. The van der Waals surface area contributed by atoms with Gasteiger partial charge in [0.25, 0.3) is 5.91 Å². The first-order valence-corrected chi connectivity index (χ1v) is 8.19. The first-order valence-electron chi connectivity index (χ1n) is 7.81. The van der Waals surface area contributed by atoms with Crippen LogP contribution < -0.4 is 5.32 Å². The molecule has 0 spiro atoms. The number of halogens is 2. The molecule has 0 heterocycles. The maximum atomic E-state index is 13.0. The maximum absolute atomic E-state index is 13.0. The van der Waals surface area contributed by atoms with Crippen LogP contribution >= 0.6 is 11.6 Å². The second-order valence-corrected chi connectivity index (χ2v) is 6.35. The van der Waals surface area contributed by atoms with E-state index in [-0.39, 0.29) is 16.5 Å². The summed E-state index contributed by atoms with van der Waals surface area (Å²) in [6, 6.07) is 9.10. The summed E-state index contributed by atoms with van der Waals surface area (Å²) in [5, 5.41) is 2.72. The summed E-state index contributed by atoms with van der Waals surface area (Å²) in [6.07, 6.45) is 0. The molecule has 0 atom stereocenters. The van der Waals surface area contributed by atoms with Crippen LogP contribution in [0.4, 0.5) is 10.1 Å². The third-order valence-electron chi connectivity index (χ3n) is 3.68. The number of carbonyl (C=O) groups excluding carboxylic acids is 2. The van der Waals surface area contributed by atoms with Crippen LogP contribution in [0.15, 0.2) is 36.4 Å². The summed E-state index contributed by atoms with van der Waals surface area (Å²) in [6.45, 7) is 5.49. The van der Waals surface area contributed by atoms with E-state index >= 15 is 0 Å². The lowest BCUT2D eigenvalue weighted by atomic mass is 9.98. The number of benzene rings is 2. The zero-order chi connectivity index (χ0) is 18.6. The van der Waals surface area contributed by atoms with Crippen LogP contribution in [-0.2, 0) is 9.53 Å². The highest BCUT2D eigenvalue weighted by molar-refractivity contribution is 6.33. The number of para-hydroxylation sites is 1. The summed E-state index contributed by atoms with van der Waals surface area (Å²) in [5.41, 5.74) is 2.65. The van der Waals surface area contributed by atoms with E-state index in [1.165, 1.54) is 6.07 Å². The number of ether oxygens (including phenoxy) is 1. The molecule has 0 unspecified atom stereocenters. The average molecular weight is 364 g/mol. The second kappa shape index (κ2) is 8.12. The number of carbonyl (C=O) groups is 2. The van der Waals surface area contributed by atoms with E-state index in [0.29, 0.717) is 0 Å². The zero-order valence-electron chi connectivity index (χ0n) is 14.2. The molecule has 2 aromatic carbocycles. The number of hydrogen-bond donors (Lipinski definition) is 1. The largest absolute Gasteiger partial charge is 0.452 e. The molecule has 0 aromatic heterocycles. The lowest BCUT2D eigenvalue weighted by Crippen LogP contribution is -2.22. The van der Waals surface area contributed by atoms with Crippen LogP contribution in [0.3, 0.4) is 0 Å². The Morgan fingerprint density at radius 3 is 2.60 bits per heavy atom. The molecule has 0 aliphatic heterocycles. The molecule has 0 aliphatic rings. The molecule has 0 fully saturated rings. The van der Waals surface area contributed by atoms with Crippen molar-refractivity contribution in [2.45, 2.75) is 26.7 Å². The molecule has 2 rings (SSSR count). The number of nitrogens with one attached hydrogen (secondary N) is 1. The molecule has 2 aromatic rings. The molecule has 0 aliphatic carbocycles. The SMILES string of the molecule is Cc1cccc(C(C)C)c1NC(=O)COC(=O)c1ccc(F)cc1Cl. The number of aryl methyl sites for hydroxylation is 1. The molecular weight excluding hydrogens is 345 g/mol. The van der Waals surface area contributed by atoms with Gasteiger partial charge in [0.05, 0.1) is 10.6 Å². The third kappa shape index (κ3) is 4.79. The van der Waals surface area contributed by atoms with Gasteiger partial charge < -0.3 is 10.1 Å². The van der Waals surface area contributed by atoms with Gasteiger partial charge in [-0.3, -0.25) is 4.79 Å². The van der Waals surface area contributed by atoms with E-state index in [1.54, 1.807) is 0 Å². The molecule has 0 bridgehead atoms. The molecular formula is C19H19ClFNO3. The van der Waals surface area contributed by atoms with Crippen LogP contribution in [0.2, 0.25) is 5.02 Å². The molecule has 6 heteroatoms. The van der Waals surface area contributed by atoms with Gasteiger partial charge in [-0.15, -0.1) is 0 Å². The number of rotatable bonds is 5. The Hall–Kier alpha value is -2.40. The first kappa shape index (κ1) is 18.9. The minimum absolute atomic E-state index is 0.00891.